The first-order valence-electron chi connectivity index (χ1n) is 4.89. The Labute approximate surface area is 78.3 Å². The van der Waals surface area contributed by atoms with Gasteiger partial charge >= 0.3 is 0 Å². The maximum absolute atomic E-state index is 11.9. The van der Waals surface area contributed by atoms with Gasteiger partial charge in [0, 0.05) is 25.6 Å². The van der Waals surface area contributed by atoms with Gasteiger partial charge in [-0.05, 0) is 26.4 Å². The summed E-state index contributed by atoms with van der Waals surface area (Å²) in [6, 6.07) is 0.451. The molecule has 1 aliphatic rings. The van der Waals surface area contributed by atoms with Crippen LogP contribution >= 0.6 is 0 Å². The molecule has 0 aliphatic carbocycles. The first-order valence-corrected chi connectivity index (χ1v) is 4.89. The summed E-state index contributed by atoms with van der Waals surface area (Å²) in [4.78, 5) is 2.04. The lowest BCUT2D eigenvalue weighted by Gasteiger charge is -2.31. The normalized spacial score (nSPS) is 24.2. The molecule has 78 valence electrons. The van der Waals surface area contributed by atoms with Crippen molar-refractivity contribution in [3.05, 3.63) is 0 Å². The van der Waals surface area contributed by atoms with E-state index in [1.807, 2.05) is 11.9 Å². The second-order valence-electron chi connectivity index (χ2n) is 3.66. The Morgan fingerprint density at radius 3 is 2.85 bits per heavy atom. The Hall–Kier alpha value is -0.220. The van der Waals surface area contributed by atoms with Gasteiger partial charge in [-0.1, -0.05) is 0 Å². The quantitative estimate of drug-likeness (QED) is 0.722. The Morgan fingerprint density at radius 1 is 1.54 bits per heavy atom. The number of likely N-dealkylation sites (N-methyl/N-ethyl adjacent to an activating group) is 1. The van der Waals surface area contributed by atoms with Crippen LogP contribution in [0, 0.1) is 0 Å². The SMILES string of the molecule is CN(CCC(F)F)C1CCCNC1. The van der Waals surface area contributed by atoms with Gasteiger partial charge in [0.1, 0.15) is 0 Å². The second kappa shape index (κ2) is 5.50. The van der Waals surface area contributed by atoms with Crippen molar-refractivity contribution in [1.29, 1.82) is 0 Å². The van der Waals surface area contributed by atoms with Gasteiger partial charge in [0.15, 0.2) is 0 Å². The Balaban J connectivity index is 2.17. The Bertz CT molecular complexity index is 136. The lowest BCUT2D eigenvalue weighted by atomic mass is 10.1. The maximum atomic E-state index is 11.9. The number of nitrogens with one attached hydrogen (secondary N) is 1. The molecule has 0 spiro atoms. The molecule has 1 aliphatic heterocycles. The first-order chi connectivity index (χ1) is 6.20. The molecular formula is C9H18F2N2. The van der Waals surface area contributed by atoms with Crippen LogP contribution in [0.25, 0.3) is 0 Å². The molecule has 1 fully saturated rings. The van der Waals surface area contributed by atoms with Gasteiger partial charge in [0.2, 0.25) is 6.43 Å². The number of hydrogen-bond donors (Lipinski definition) is 1. The van der Waals surface area contributed by atoms with Crippen LogP contribution in [-0.2, 0) is 0 Å². The molecule has 0 bridgehead atoms. The Kier molecular flexibility index (Phi) is 4.59. The molecule has 0 aromatic rings. The molecule has 13 heavy (non-hydrogen) atoms. The van der Waals surface area contributed by atoms with Gasteiger partial charge < -0.3 is 10.2 Å². The first kappa shape index (κ1) is 10.9. The summed E-state index contributed by atoms with van der Waals surface area (Å²) >= 11 is 0. The highest BCUT2D eigenvalue weighted by Crippen LogP contribution is 2.10. The molecule has 1 atom stereocenters. The van der Waals surface area contributed by atoms with Crippen LogP contribution < -0.4 is 5.32 Å². The predicted octanol–water partition coefficient (Wildman–Crippen LogP) is 1.33. The molecule has 2 nitrogen and oxygen atoms in total. The van der Waals surface area contributed by atoms with E-state index in [1.54, 1.807) is 0 Å². The minimum Gasteiger partial charge on any atom is -0.315 e. The van der Waals surface area contributed by atoms with Crippen LogP contribution in [0.1, 0.15) is 19.3 Å². The van der Waals surface area contributed by atoms with Gasteiger partial charge in [-0.25, -0.2) is 8.78 Å². The summed E-state index contributed by atoms with van der Waals surface area (Å²) in [7, 11) is 1.93. The van der Waals surface area contributed by atoms with Crippen molar-refractivity contribution in [2.75, 3.05) is 26.7 Å². The molecular weight excluding hydrogens is 174 g/mol. The molecule has 1 rings (SSSR count). The molecule has 0 aromatic carbocycles. The molecule has 1 N–H and O–H groups in total. The smallest absolute Gasteiger partial charge is 0.239 e. The number of nitrogens with zero attached hydrogens (tertiary/aromatic N) is 1. The van der Waals surface area contributed by atoms with E-state index >= 15 is 0 Å². The van der Waals surface area contributed by atoms with Crippen LogP contribution in [0.2, 0.25) is 0 Å². The average molecular weight is 192 g/mol. The van der Waals surface area contributed by atoms with Crippen molar-refractivity contribution in [3.63, 3.8) is 0 Å². The van der Waals surface area contributed by atoms with Crippen LogP contribution in [0.5, 0.6) is 0 Å². The van der Waals surface area contributed by atoms with E-state index in [4.69, 9.17) is 0 Å². The van der Waals surface area contributed by atoms with E-state index < -0.39 is 6.43 Å². The molecule has 4 heteroatoms. The monoisotopic (exact) mass is 192 g/mol. The third-order valence-electron chi connectivity index (χ3n) is 2.59. The van der Waals surface area contributed by atoms with Crippen molar-refractivity contribution in [2.45, 2.75) is 31.7 Å². The number of halogens is 2. The van der Waals surface area contributed by atoms with Crippen LogP contribution in [0.15, 0.2) is 0 Å². The minimum absolute atomic E-state index is 0.00694. The summed E-state index contributed by atoms with van der Waals surface area (Å²) in [5, 5.41) is 3.27. The highest BCUT2D eigenvalue weighted by molar-refractivity contribution is 4.76. The molecule has 0 radical (unpaired) electrons. The van der Waals surface area contributed by atoms with E-state index in [-0.39, 0.29) is 6.42 Å². The van der Waals surface area contributed by atoms with Crippen molar-refractivity contribution in [3.8, 4) is 0 Å². The van der Waals surface area contributed by atoms with E-state index in [2.05, 4.69) is 5.32 Å². The van der Waals surface area contributed by atoms with Gasteiger partial charge in [-0.15, -0.1) is 0 Å². The van der Waals surface area contributed by atoms with E-state index in [1.165, 1.54) is 0 Å². The van der Waals surface area contributed by atoms with Gasteiger partial charge in [0.05, 0.1) is 0 Å². The molecule has 1 unspecified atom stereocenters. The summed E-state index contributed by atoms with van der Waals surface area (Å²) in [6.45, 7) is 2.52. The number of hydrogen-bond acceptors (Lipinski definition) is 2. The van der Waals surface area contributed by atoms with Crippen molar-refractivity contribution in [2.24, 2.45) is 0 Å². The molecule has 0 amide bonds. The average Bonchev–Trinajstić information content (AvgIpc) is 2.15. The van der Waals surface area contributed by atoms with Crippen LogP contribution in [0.3, 0.4) is 0 Å². The fourth-order valence-electron chi connectivity index (χ4n) is 1.69. The number of piperidine rings is 1. The predicted molar refractivity (Wildman–Crippen MR) is 49.1 cm³/mol. The zero-order valence-corrected chi connectivity index (χ0v) is 8.10. The number of alkyl halides is 2. The maximum Gasteiger partial charge on any atom is 0.239 e. The van der Waals surface area contributed by atoms with Crippen LogP contribution in [0.4, 0.5) is 8.78 Å². The van der Waals surface area contributed by atoms with E-state index in [9.17, 15) is 8.78 Å². The van der Waals surface area contributed by atoms with E-state index in [0.29, 0.717) is 12.6 Å². The van der Waals surface area contributed by atoms with Crippen LogP contribution in [-0.4, -0.2) is 44.0 Å². The zero-order chi connectivity index (χ0) is 9.68. The minimum atomic E-state index is -2.17. The molecule has 1 saturated heterocycles. The largest absolute Gasteiger partial charge is 0.315 e. The standard InChI is InChI=1S/C9H18F2N2/c1-13(6-4-9(10)11)8-3-2-5-12-7-8/h8-9,12H,2-7H2,1H3. The highest BCUT2D eigenvalue weighted by Gasteiger charge is 2.18. The van der Waals surface area contributed by atoms with E-state index in [0.717, 1.165) is 25.9 Å². The lowest BCUT2D eigenvalue weighted by molar-refractivity contribution is 0.107. The summed E-state index contributed by atoms with van der Waals surface area (Å²) in [5.74, 6) is 0. The molecule has 0 saturated carbocycles. The second-order valence-corrected chi connectivity index (χ2v) is 3.66. The fourth-order valence-corrected chi connectivity index (χ4v) is 1.69. The zero-order valence-electron chi connectivity index (χ0n) is 8.10. The van der Waals surface area contributed by atoms with Crippen molar-refractivity contribution < 1.29 is 8.78 Å². The molecule has 1 heterocycles. The van der Waals surface area contributed by atoms with Crippen molar-refractivity contribution in [1.82, 2.24) is 10.2 Å². The topological polar surface area (TPSA) is 15.3 Å². The Morgan fingerprint density at radius 2 is 2.31 bits per heavy atom. The third kappa shape index (κ3) is 4.00. The van der Waals surface area contributed by atoms with Crippen molar-refractivity contribution >= 4 is 0 Å². The summed E-state index contributed by atoms with van der Waals surface area (Å²) in [5.41, 5.74) is 0. The number of rotatable bonds is 4. The lowest BCUT2D eigenvalue weighted by Crippen LogP contribution is -2.44. The van der Waals surface area contributed by atoms with Gasteiger partial charge in [-0.3, -0.25) is 0 Å². The third-order valence-corrected chi connectivity index (χ3v) is 2.59. The van der Waals surface area contributed by atoms with Gasteiger partial charge in [0.25, 0.3) is 0 Å². The highest BCUT2D eigenvalue weighted by atomic mass is 19.3. The fraction of sp³-hybridized carbons (Fsp3) is 1.00. The summed E-state index contributed by atoms with van der Waals surface area (Å²) < 4.78 is 23.8. The van der Waals surface area contributed by atoms with Gasteiger partial charge in [-0.2, -0.15) is 0 Å². The summed E-state index contributed by atoms with van der Waals surface area (Å²) in [6.07, 6.45) is 0.114. The molecule has 0 aromatic heterocycles.